The summed E-state index contributed by atoms with van der Waals surface area (Å²) in [5.74, 6) is -1.83. The zero-order valence-corrected chi connectivity index (χ0v) is 16.5. The second-order valence-corrected chi connectivity index (χ2v) is 7.04. The standard InChI is InChI=1S/C19H22N4O7/c1-30-10-5-16(24)20-6-2-7-21(9-8-20)17(25)12-22-18(26)14-4-3-13(23(28)29)11-15(14)19(22)27/h3-4,11H,2,5-10,12H2,1H3. The lowest BCUT2D eigenvalue weighted by atomic mass is 10.1. The van der Waals surface area contributed by atoms with E-state index in [1.54, 1.807) is 4.90 Å². The Morgan fingerprint density at radius 3 is 2.30 bits per heavy atom. The summed E-state index contributed by atoms with van der Waals surface area (Å²) in [6.45, 7) is 1.47. The van der Waals surface area contributed by atoms with E-state index in [2.05, 4.69) is 0 Å². The molecule has 30 heavy (non-hydrogen) atoms. The van der Waals surface area contributed by atoms with E-state index in [0.717, 1.165) is 17.0 Å². The third kappa shape index (κ3) is 4.30. The molecule has 0 atom stereocenters. The average molecular weight is 418 g/mol. The zero-order chi connectivity index (χ0) is 21.8. The van der Waals surface area contributed by atoms with E-state index in [-0.39, 0.29) is 29.1 Å². The molecule has 0 bridgehead atoms. The predicted molar refractivity (Wildman–Crippen MR) is 103 cm³/mol. The van der Waals surface area contributed by atoms with E-state index in [0.29, 0.717) is 39.2 Å². The molecule has 160 valence electrons. The van der Waals surface area contributed by atoms with Crippen molar-refractivity contribution < 1.29 is 28.8 Å². The van der Waals surface area contributed by atoms with Gasteiger partial charge in [-0.1, -0.05) is 0 Å². The van der Waals surface area contributed by atoms with Crippen LogP contribution in [0.15, 0.2) is 18.2 Å². The van der Waals surface area contributed by atoms with Crippen molar-refractivity contribution in [1.29, 1.82) is 0 Å². The van der Waals surface area contributed by atoms with E-state index in [1.807, 2.05) is 0 Å². The Balaban J connectivity index is 1.63. The Kier molecular flexibility index (Phi) is 6.40. The monoisotopic (exact) mass is 418 g/mol. The van der Waals surface area contributed by atoms with Crippen molar-refractivity contribution in [2.24, 2.45) is 0 Å². The van der Waals surface area contributed by atoms with E-state index in [4.69, 9.17) is 4.74 Å². The van der Waals surface area contributed by atoms with Gasteiger partial charge in [0, 0.05) is 45.4 Å². The second-order valence-electron chi connectivity index (χ2n) is 7.04. The van der Waals surface area contributed by atoms with Gasteiger partial charge in [-0.3, -0.25) is 34.2 Å². The fourth-order valence-electron chi connectivity index (χ4n) is 3.53. The first-order valence-electron chi connectivity index (χ1n) is 9.52. The summed E-state index contributed by atoms with van der Waals surface area (Å²) in [5.41, 5.74) is -0.328. The first-order valence-corrected chi connectivity index (χ1v) is 9.52. The Morgan fingerprint density at radius 1 is 1.03 bits per heavy atom. The first kappa shape index (κ1) is 21.4. The number of nitro groups is 1. The molecule has 1 saturated heterocycles. The highest BCUT2D eigenvalue weighted by atomic mass is 16.6. The second kappa shape index (κ2) is 8.99. The van der Waals surface area contributed by atoms with Crippen LogP contribution in [0.25, 0.3) is 0 Å². The molecule has 11 heteroatoms. The molecule has 2 heterocycles. The van der Waals surface area contributed by atoms with Crippen LogP contribution in [0.3, 0.4) is 0 Å². The quantitative estimate of drug-likeness (QED) is 0.369. The number of carbonyl (C=O) groups is 4. The van der Waals surface area contributed by atoms with Crippen molar-refractivity contribution in [3.63, 3.8) is 0 Å². The Bertz CT molecular complexity index is 901. The molecule has 0 aliphatic carbocycles. The maximum Gasteiger partial charge on any atom is 0.270 e. The number of non-ortho nitro benzene ring substituents is 1. The molecule has 1 fully saturated rings. The topological polar surface area (TPSA) is 130 Å². The van der Waals surface area contributed by atoms with Crippen LogP contribution in [0.4, 0.5) is 5.69 Å². The third-order valence-corrected chi connectivity index (χ3v) is 5.18. The molecule has 1 aromatic rings. The fourth-order valence-corrected chi connectivity index (χ4v) is 3.53. The lowest BCUT2D eigenvalue weighted by molar-refractivity contribution is -0.384. The minimum Gasteiger partial charge on any atom is -0.384 e. The molecule has 11 nitrogen and oxygen atoms in total. The normalized spacial score (nSPS) is 16.5. The summed E-state index contributed by atoms with van der Waals surface area (Å²) >= 11 is 0. The number of hydrogen-bond acceptors (Lipinski definition) is 7. The first-order chi connectivity index (χ1) is 14.3. The summed E-state index contributed by atoms with van der Waals surface area (Å²) in [5, 5.41) is 10.9. The number of nitro benzene ring substituents is 1. The number of imide groups is 1. The largest absolute Gasteiger partial charge is 0.384 e. The van der Waals surface area contributed by atoms with Crippen molar-refractivity contribution in [3.8, 4) is 0 Å². The van der Waals surface area contributed by atoms with Crippen LogP contribution >= 0.6 is 0 Å². The molecule has 0 N–H and O–H groups in total. The summed E-state index contributed by atoms with van der Waals surface area (Å²) in [6, 6.07) is 3.43. The highest BCUT2D eigenvalue weighted by Gasteiger charge is 2.38. The van der Waals surface area contributed by atoms with Crippen LogP contribution in [0, 0.1) is 10.1 Å². The van der Waals surface area contributed by atoms with Crippen LogP contribution in [-0.4, -0.2) is 89.7 Å². The molecule has 0 radical (unpaired) electrons. The summed E-state index contributed by atoms with van der Waals surface area (Å²) in [6.07, 6.45) is 0.852. The van der Waals surface area contributed by atoms with Crippen molar-refractivity contribution in [3.05, 3.63) is 39.4 Å². The van der Waals surface area contributed by atoms with Crippen LogP contribution < -0.4 is 0 Å². The molecule has 4 amide bonds. The van der Waals surface area contributed by atoms with Crippen LogP contribution in [0.5, 0.6) is 0 Å². The molecule has 0 aromatic heterocycles. The fraction of sp³-hybridized carbons (Fsp3) is 0.474. The van der Waals surface area contributed by atoms with E-state index in [9.17, 15) is 29.3 Å². The van der Waals surface area contributed by atoms with E-state index >= 15 is 0 Å². The number of ether oxygens (including phenoxy) is 1. The molecule has 3 rings (SSSR count). The number of hydrogen-bond donors (Lipinski definition) is 0. The van der Waals surface area contributed by atoms with Gasteiger partial charge in [-0.15, -0.1) is 0 Å². The predicted octanol–water partition coefficient (Wildman–Crippen LogP) is 0.288. The zero-order valence-electron chi connectivity index (χ0n) is 16.5. The van der Waals surface area contributed by atoms with Gasteiger partial charge in [-0.05, 0) is 12.5 Å². The van der Waals surface area contributed by atoms with E-state index < -0.39 is 29.2 Å². The molecule has 0 unspecified atom stereocenters. The molecule has 0 spiro atoms. The van der Waals surface area contributed by atoms with Gasteiger partial charge in [0.15, 0.2) is 0 Å². The minimum absolute atomic E-state index is 0.0455. The number of rotatable bonds is 6. The Morgan fingerprint density at radius 2 is 1.67 bits per heavy atom. The van der Waals surface area contributed by atoms with Crippen molar-refractivity contribution in [2.75, 3.05) is 46.4 Å². The molecule has 0 saturated carbocycles. The van der Waals surface area contributed by atoms with Gasteiger partial charge in [0.25, 0.3) is 17.5 Å². The summed E-state index contributed by atoms with van der Waals surface area (Å²) in [4.78, 5) is 64.2. The highest BCUT2D eigenvalue weighted by molar-refractivity contribution is 6.22. The number of amides is 4. The third-order valence-electron chi connectivity index (χ3n) is 5.18. The minimum atomic E-state index is -0.724. The molecule has 1 aromatic carbocycles. The highest BCUT2D eigenvalue weighted by Crippen LogP contribution is 2.26. The van der Waals surface area contributed by atoms with Crippen molar-refractivity contribution in [2.45, 2.75) is 12.8 Å². The lowest BCUT2D eigenvalue weighted by Gasteiger charge is -2.24. The average Bonchev–Trinajstić information content (AvgIpc) is 2.91. The van der Waals surface area contributed by atoms with Gasteiger partial charge in [0.1, 0.15) is 6.54 Å². The van der Waals surface area contributed by atoms with Gasteiger partial charge in [0.2, 0.25) is 11.8 Å². The van der Waals surface area contributed by atoms with Gasteiger partial charge < -0.3 is 14.5 Å². The van der Waals surface area contributed by atoms with Gasteiger partial charge in [-0.2, -0.15) is 0 Å². The van der Waals surface area contributed by atoms with Crippen molar-refractivity contribution >= 4 is 29.3 Å². The molecular weight excluding hydrogens is 396 g/mol. The maximum absolute atomic E-state index is 12.7. The van der Waals surface area contributed by atoms with Crippen LogP contribution in [0.1, 0.15) is 33.6 Å². The molecule has 2 aliphatic heterocycles. The van der Waals surface area contributed by atoms with Crippen LogP contribution in [-0.2, 0) is 14.3 Å². The lowest BCUT2D eigenvalue weighted by Crippen LogP contribution is -2.44. The van der Waals surface area contributed by atoms with Crippen LogP contribution in [0.2, 0.25) is 0 Å². The van der Waals surface area contributed by atoms with Gasteiger partial charge >= 0.3 is 0 Å². The number of nitrogens with zero attached hydrogens (tertiary/aromatic N) is 4. The maximum atomic E-state index is 12.7. The molecular formula is C19H22N4O7. The number of benzene rings is 1. The van der Waals surface area contributed by atoms with Crippen molar-refractivity contribution in [1.82, 2.24) is 14.7 Å². The summed E-state index contributed by atoms with van der Waals surface area (Å²) in [7, 11) is 1.52. The Hall–Kier alpha value is -3.34. The number of methoxy groups -OCH3 is 1. The summed E-state index contributed by atoms with van der Waals surface area (Å²) < 4.78 is 4.92. The molecule has 2 aliphatic rings. The van der Waals surface area contributed by atoms with E-state index in [1.165, 1.54) is 18.1 Å². The SMILES string of the molecule is COCCC(=O)N1CCCN(C(=O)CN2C(=O)c3ccc([N+](=O)[O-])cc3C2=O)CC1. The Labute approximate surface area is 172 Å². The number of fused-ring (bicyclic) bond motifs is 1. The van der Waals surface area contributed by atoms with Gasteiger partial charge in [-0.25, -0.2) is 0 Å². The number of carbonyl (C=O) groups excluding carboxylic acids is 4. The van der Waals surface area contributed by atoms with Gasteiger partial charge in [0.05, 0.1) is 29.1 Å². The smallest absolute Gasteiger partial charge is 0.270 e.